The van der Waals surface area contributed by atoms with Gasteiger partial charge in [0, 0.05) is 24.9 Å². The number of rotatable bonds is 9. The molecule has 4 aromatic rings. The van der Waals surface area contributed by atoms with Gasteiger partial charge in [-0.05, 0) is 48.7 Å². The molecule has 0 saturated heterocycles. The van der Waals surface area contributed by atoms with E-state index < -0.39 is 6.04 Å². The van der Waals surface area contributed by atoms with Crippen molar-refractivity contribution in [3.8, 4) is 5.75 Å². The van der Waals surface area contributed by atoms with Gasteiger partial charge in [0.05, 0.1) is 17.5 Å². The van der Waals surface area contributed by atoms with Gasteiger partial charge >= 0.3 is 0 Å². The van der Waals surface area contributed by atoms with Crippen LogP contribution in [-0.2, 0) is 17.8 Å². The van der Waals surface area contributed by atoms with Gasteiger partial charge in [-0.1, -0.05) is 42.5 Å². The molecule has 37 heavy (non-hydrogen) atoms. The Bertz CT molecular complexity index is 1380. The van der Waals surface area contributed by atoms with Crippen molar-refractivity contribution in [2.24, 2.45) is 0 Å². The minimum Gasteiger partial charge on any atom is -0.489 e. The molecule has 188 valence electrons. The molecule has 5 rings (SSSR count). The molecular weight excluding hydrogens is 468 g/mol. The normalized spacial score (nSPS) is 14.6. The maximum Gasteiger partial charge on any atom is 0.255 e. The second-order valence-corrected chi connectivity index (χ2v) is 8.73. The standard InChI is InChI=1S/C28H28N6O3/c1-19-25(27(36)31-22-9-5-15-29-17-22)26(34-28(30-19)32-24(33-34)10-6-16-35)21-11-13-23(14-12-21)37-18-20-7-3-2-4-8-20/h2-5,7-9,11-15,17,26,35H,6,10,16,18H2,1H3,(H,31,36)(H,30,32,33)/t26-/m0/s1. The summed E-state index contributed by atoms with van der Waals surface area (Å²) < 4.78 is 7.69. The van der Waals surface area contributed by atoms with E-state index >= 15 is 0 Å². The first-order valence-corrected chi connectivity index (χ1v) is 12.1. The molecule has 3 heterocycles. The number of pyridine rings is 1. The topological polar surface area (TPSA) is 114 Å². The number of carbonyl (C=O) groups excluding carboxylic acids is 1. The number of aryl methyl sites for hydroxylation is 1. The number of hydrogen-bond donors (Lipinski definition) is 3. The molecule has 0 fully saturated rings. The molecule has 2 aromatic carbocycles. The number of anilines is 2. The number of benzene rings is 2. The Morgan fingerprint density at radius 2 is 1.92 bits per heavy atom. The van der Waals surface area contributed by atoms with Gasteiger partial charge in [-0.25, -0.2) is 4.68 Å². The lowest BCUT2D eigenvalue weighted by Crippen LogP contribution is -2.31. The molecule has 9 nitrogen and oxygen atoms in total. The number of aliphatic hydroxyl groups excluding tert-OH is 1. The Kier molecular flexibility index (Phi) is 7.23. The van der Waals surface area contributed by atoms with Crippen molar-refractivity contribution in [3.63, 3.8) is 0 Å². The van der Waals surface area contributed by atoms with Crippen LogP contribution in [0.4, 0.5) is 11.6 Å². The molecule has 1 amide bonds. The van der Waals surface area contributed by atoms with Crippen molar-refractivity contribution < 1.29 is 14.6 Å². The third kappa shape index (κ3) is 5.52. The van der Waals surface area contributed by atoms with Crippen LogP contribution >= 0.6 is 0 Å². The molecule has 1 aliphatic heterocycles. The molecular formula is C28H28N6O3. The molecule has 9 heteroatoms. The van der Waals surface area contributed by atoms with Gasteiger partial charge in [0.25, 0.3) is 5.91 Å². The van der Waals surface area contributed by atoms with E-state index in [4.69, 9.17) is 9.84 Å². The summed E-state index contributed by atoms with van der Waals surface area (Å²) in [6, 6.07) is 20.7. The zero-order valence-electron chi connectivity index (χ0n) is 20.5. The molecule has 3 N–H and O–H groups in total. The molecule has 2 aromatic heterocycles. The summed E-state index contributed by atoms with van der Waals surface area (Å²) in [6.45, 7) is 2.38. The third-order valence-corrected chi connectivity index (χ3v) is 6.06. The molecule has 0 bridgehead atoms. The van der Waals surface area contributed by atoms with Crippen molar-refractivity contribution in [2.75, 3.05) is 17.2 Å². The van der Waals surface area contributed by atoms with Crippen LogP contribution in [-0.4, -0.2) is 37.4 Å². The zero-order chi connectivity index (χ0) is 25.6. The SMILES string of the molecule is CC1=C(C(=O)Nc2cccnc2)[C@H](c2ccc(OCc3ccccc3)cc2)n2nc(CCCO)nc2N1. The summed E-state index contributed by atoms with van der Waals surface area (Å²) in [5, 5.41) is 20.1. The Morgan fingerprint density at radius 3 is 2.65 bits per heavy atom. The smallest absolute Gasteiger partial charge is 0.255 e. The first-order chi connectivity index (χ1) is 18.1. The number of allylic oxidation sites excluding steroid dienone is 1. The van der Waals surface area contributed by atoms with Crippen molar-refractivity contribution in [3.05, 3.63) is 107 Å². The largest absolute Gasteiger partial charge is 0.489 e. The monoisotopic (exact) mass is 496 g/mol. The minimum atomic E-state index is -0.508. The van der Waals surface area contributed by atoms with Crippen LogP contribution < -0.4 is 15.4 Å². The summed E-state index contributed by atoms with van der Waals surface area (Å²) in [6.07, 6.45) is 4.35. The number of nitrogens with one attached hydrogen (secondary N) is 2. The van der Waals surface area contributed by atoms with E-state index in [-0.39, 0.29) is 12.5 Å². The maximum absolute atomic E-state index is 13.5. The summed E-state index contributed by atoms with van der Waals surface area (Å²) in [5.74, 6) is 1.63. The Morgan fingerprint density at radius 1 is 1.11 bits per heavy atom. The summed E-state index contributed by atoms with van der Waals surface area (Å²) >= 11 is 0. The average Bonchev–Trinajstić information content (AvgIpc) is 3.33. The number of aliphatic hydroxyl groups is 1. The number of amides is 1. The van der Waals surface area contributed by atoms with Gasteiger partial charge in [-0.15, -0.1) is 0 Å². The van der Waals surface area contributed by atoms with Crippen LogP contribution in [0.5, 0.6) is 5.75 Å². The van der Waals surface area contributed by atoms with Crippen LogP contribution in [0.25, 0.3) is 0 Å². The van der Waals surface area contributed by atoms with E-state index in [1.54, 1.807) is 29.2 Å². The quantitative estimate of drug-likeness (QED) is 0.320. The highest BCUT2D eigenvalue weighted by atomic mass is 16.5. The summed E-state index contributed by atoms with van der Waals surface area (Å²) in [7, 11) is 0. The fourth-order valence-electron chi connectivity index (χ4n) is 4.26. The number of hydrogen-bond acceptors (Lipinski definition) is 7. The predicted molar refractivity (Wildman–Crippen MR) is 140 cm³/mol. The van der Waals surface area contributed by atoms with Crippen molar-refractivity contribution in [2.45, 2.75) is 32.4 Å². The molecule has 0 spiro atoms. The molecule has 0 saturated carbocycles. The number of ether oxygens (including phenoxy) is 1. The van der Waals surface area contributed by atoms with E-state index in [1.165, 1.54) is 0 Å². The molecule has 0 aliphatic carbocycles. The van der Waals surface area contributed by atoms with Gasteiger partial charge in [0.15, 0.2) is 5.82 Å². The predicted octanol–water partition coefficient (Wildman–Crippen LogP) is 4.10. The van der Waals surface area contributed by atoms with Gasteiger partial charge in [-0.3, -0.25) is 9.78 Å². The highest BCUT2D eigenvalue weighted by Crippen LogP contribution is 2.36. The van der Waals surface area contributed by atoms with E-state index in [2.05, 4.69) is 20.6 Å². The van der Waals surface area contributed by atoms with Crippen LogP contribution in [0.3, 0.4) is 0 Å². The van der Waals surface area contributed by atoms with E-state index in [1.807, 2.05) is 61.5 Å². The molecule has 0 radical (unpaired) electrons. The minimum absolute atomic E-state index is 0.0568. The highest BCUT2D eigenvalue weighted by Gasteiger charge is 2.34. The van der Waals surface area contributed by atoms with Crippen molar-refractivity contribution in [1.82, 2.24) is 19.7 Å². The Labute approximate surface area is 214 Å². The van der Waals surface area contributed by atoms with Gasteiger partial charge < -0.3 is 20.5 Å². The van der Waals surface area contributed by atoms with Crippen LogP contribution in [0.1, 0.15) is 36.3 Å². The number of aromatic nitrogens is 4. The molecule has 0 unspecified atom stereocenters. The van der Waals surface area contributed by atoms with Crippen molar-refractivity contribution >= 4 is 17.5 Å². The second kappa shape index (κ2) is 11.0. The lowest BCUT2D eigenvalue weighted by molar-refractivity contribution is -0.113. The fourth-order valence-corrected chi connectivity index (χ4v) is 4.26. The molecule has 1 aliphatic rings. The van der Waals surface area contributed by atoms with Crippen LogP contribution in [0, 0.1) is 0 Å². The van der Waals surface area contributed by atoms with Gasteiger partial charge in [0.2, 0.25) is 5.95 Å². The fraction of sp³-hybridized carbons (Fsp3) is 0.214. The highest BCUT2D eigenvalue weighted by molar-refractivity contribution is 6.05. The number of carbonyl (C=O) groups is 1. The number of nitrogens with zero attached hydrogens (tertiary/aromatic N) is 4. The summed E-state index contributed by atoms with van der Waals surface area (Å²) in [5.41, 5.74) is 3.76. The Hall–Kier alpha value is -4.50. The van der Waals surface area contributed by atoms with E-state index in [9.17, 15) is 9.90 Å². The number of fused-ring (bicyclic) bond motifs is 1. The van der Waals surface area contributed by atoms with Crippen LogP contribution in [0.15, 0.2) is 90.4 Å². The zero-order valence-corrected chi connectivity index (χ0v) is 20.5. The maximum atomic E-state index is 13.5. The lowest BCUT2D eigenvalue weighted by atomic mass is 9.95. The molecule has 1 atom stereocenters. The third-order valence-electron chi connectivity index (χ3n) is 6.06. The van der Waals surface area contributed by atoms with Crippen molar-refractivity contribution in [1.29, 1.82) is 0 Å². The Balaban J connectivity index is 1.45. The van der Waals surface area contributed by atoms with Gasteiger partial charge in [-0.2, -0.15) is 10.1 Å². The van der Waals surface area contributed by atoms with E-state index in [0.29, 0.717) is 48.2 Å². The first-order valence-electron chi connectivity index (χ1n) is 12.1. The van der Waals surface area contributed by atoms with Crippen LogP contribution in [0.2, 0.25) is 0 Å². The van der Waals surface area contributed by atoms with E-state index in [0.717, 1.165) is 16.9 Å². The lowest BCUT2D eigenvalue weighted by Gasteiger charge is -2.28. The summed E-state index contributed by atoms with van der Waals surface area (Å²) in [4.78, 5) is 22.2. The van der Waals surface area contributed by atoms with Gasteiger partial charge in [0.1, 0.15) is 18.4 Å². The first kappa shape index (κ1) is 24.2. The average molecular weight is 497 g/mol. The second-order valence-electron chi connectivity index (χ2n) is 8.73.